The lowest BCUT2D eigenvalue weighted by Gasteiger charge is -2.32. The van der Waals surface area contributed by atoms with Crippen LogP contribution in [0, 0.1) is 0 Å². The number of aliphatic hydroxyl groups is 2. The molecule has 0 radical (unpaired) electrons. The van der Waals surface area contributed by atoms with Gasteiger partial charge in [0.1, 0.15) is 11.7 Å². The van der Waals surface area contributed by atoms with E-state index in [1.165, 1.54) is 11.8 Å². The molecule has 3 atom stereocenters. The predicted molar refractivity (Wildman–Crippen MR) is 120 cm³/mol. The highest BCUT2D eigenvalue weighted by Crippen LogP contribution is 2.34. The Bertz CT molecular complexity index is 932. The number of nitrogens with zero attached hydrogens (tertiary/aromatic N) is 1. The van der Waals surface area contributed by atoms with Crippen LogP contribution in [0.1, 0.15) is 51.3 Å². The molecule has 2 aromatic carbocycles. The van der Waals surface area contributed by atoms with Crippen molar-refractivity contribution in [2.75, 3.05) is 6.54 Å². The molecule has 1 aliphatic heterocycles. The smallest absolute Gasteiger partial charge is 0.410 e. The second kappa shape index (κ2) is 9.71. The summed E-state index contributed by atoms with van der Waals surface area (Å²) in [5, 5.41) is 19.5. The van der Waals surface area contributed by atoms with E-state index >= 15 is 0 Å². The molecule has 7 heteroatoms. The predicted octanol–water partition coefficient (Wildman–Crippen LogP) is 3.82. The molecule has 0 spiro atoms. The van der Waals surface area contributed by atoms with E-state index in [0.717, 1.165) is 22.3 Å². The summed E-state index contributed by atoms with van der Waals surface area (Å²) in [6.45, 7) is 6.77. The third-order valence-corrected chi connectivity index (χ3v) is 5.30. The molecule has 1 saturated heterocycles. The normalized spacial score (nSPS) is 19.5. The first-order valence-electron chi connectivity index (χ1n) is 10.7. The summed E-state index contributed by atoms with van der Waals surface area (Å²) in [6.07, 6.45) is -1.73. The van der Waals surface area contributed by atoms with Crippen LogP contribution in [0.3, 0.4) is 0 Å². The lowest BCUT2D eigenvalue weighted by molar-refractivity contribution is -0.150. The second-order valence-electron chi connectivity index (χ2n) is 9.10. The fourth-order valence-electron chi connectivity index (χ4n) is 3.88. The highest BCUT2D eigenvalue weighted by atomic mass is 16.6. The van der Waals surface area contributed by atoms with Gasteiger partial charge in [-0.3, -0.25) is 9.69 Å². The van der Waals surface area contributed by atoms with Crippen molar-refractivity contribution in [3.8, 4) is 11.1 Å². The van der Waals surface area contributed by atoms with Crippen molar-refractivity contribution < 1.29 is 29.3 Å². The van der Waals surface area contributed by atoms with E-state index in [1.54, 1.807) is 20.8 Å². The van der Waals surface area contributed by atoms with Crippen LogP contribution < -0.4 is 0 Å². The van der Waals surface area contributed by atoms with Crippen molar-refractivity contribution in [1.29, 1.82) is 0 Å². The van der Waals surface area contributed by atoms with Crippen LogP contribution in [0.2, 0.25) is 0 Å². The molecule has 7 nitrogen and oxygen atoms in total. The number of likely N-dealkylation sites (tertiary alicyclic amines) is 1. The van der Waals surface area contributed by atoms with Crippen LogP contribution in [0.5, 0.6) is 0 Å². The maximum atomic E-state index is 12.8. The standard InChI is InChI=1S/C25H31NO6/c1-16(28)31-23(22-13-21(29)14-26(22)24(30)32-25(2,3)4)20-11-9-19(10-12-20)18-7-5-17(15-27)6-8-18/h5-12,21-23,27,29H,13-15H2,1-4H3/t21-,22+,23?/m1/s1. The summed E-state index contributed by atoms with van der Waals surface area (Å²) >= 11 is 0. The van der Waals surface area contributed by atoms with Gasteiger partial charge in [-0.25, -0.2) is 4.79 Å². The summed E-state index contributed by atoms with van der Waals surface area (Å²) in [6, 6.07) is 14.6. The van der Waals surface area contributed by atoms with Crippen molar-refractivity contribution in [2.24, 2.45) is 0 Å². The molecule has 2 aromatic rings. The molecule has 1 fully saturated rings. The molecule has 1 amide bonds. The average molecular weight is 442 g/mol. The molecule has 0 bridgehead atoms. The molecule has 0 saturated carbocycles. The number of amides is 1. The van der Waals surface area contributed by atoms with Gasteiger partial charge < -0.3 is 19.7 Å². The Balaban J connectivity index is 1.87. The minimum absolute atomic E-state index is 0.00926. The molecular weight excluding hydrogens is 410 g/mol. The van der Waals surface area contributed by atoms with Gasteiger partial charge in [0.2, 0.25) is 0 Å². The van der Waals surface area contributed by atoms with Crippen molar-refractivity contribution in [1.82, 2.24) is 4.90 Å². The number of aliphatic hydroxyl groups excluding tert-OH is 2. The summed E-state index contributed by atoms with van der Waals surface area (Å²) in [5.41, 5.74) is 2.84. The van der Waals surface area contributed by atoms with E-state index in [4.69, 9.17) is 9.47 Å². The van der Waals surface area contributed by atoms with Gasteiger partial charge in [0, 0.05) is 6.92 Å². The van der Waals surface area contributed by atoms with Crippen molar-refractivity contribution >= 4 is 12.1 Å². The molecule has 1 heterocycles. The Labute approximate surface area is 188 Å². The van der Waals surface area contributed by atoms with Crippen LogP contribution >= 0.6 is 0 Å². The van der Waals surface area contributed by atoms with E-state index < -0.39 is 35.9 Å². The molecule has 32 heavy (non-hydrogen) atoms. The molecular formula is C25H31NO6. The molecule has 3 rings (SSSR count). The van der Waals surface area contributed by atoms with Gasteiger partial charge in [0.05, 0.1) is 25.3 Å². The number of carbonyl (C=O) groups excluding carboxylic acids is 2. The fraction of sp³-hybridized carbons (Fsp3) is 0.440. The molecule has 1 unspecified atom stereocenters. The summed E-state index contributed by atoms with van der Waals surface area (Å²) in [5.74, 6) is -0.468. The summed E-state index contributed by atoms with van der Waals surface area (Å²) in [4.78, 5) is 26.1. The quantitative estimate of drug-likeness (QED) is 0.685. The van der Waals surface area contributed by atoms with Gasteiger partial charge in [-0.15, -0.1) is 0 Å². The Morgan fingerprint density at radius 1 is 1.06 bits per heavy atom. The maximum Gasteiger partial charge on any atom is 0.410 e. The zero-order chi connectivity index (χ0) is 23.5. The second-order valence-corrected chi connectivity index (χ2v) is 9.10. The SMILES string of the molecule is CC(=O)OC(c1ccc(-c2ccc(CO)cc2)cc1)[C@@H]1C[C@@H](O)CN1C(=O)OC(C)(C)C. The number of carbonyl (C=O) groups is 2. The highest BCUT2D eigenvalue weighted by Gasteiger charge is 2.43. The number of hydrogen-bond donors (Lipinski definition) is 2. The summed E-state index contributed by atoms with van der Waals surface area (Å²) < 4.78 is 11.1. The lowest BCUT2D eigenvalue weighted by Crippen LogP contribution is -2.43. The molecule has 1 aliphatic rings. The number of β-amino-alcohol motifs (C(OH)–C–C–N with tert-alkyl or cyclic N) is 1. The number of rotatable bonds is 5. The van der Waals surface area contributed by atoms with Crippen LogP contribution in [-0.2, 0) is 20.9 Å². The highest BCUT2D eigenvalue weighted by molar-refractivity contribution is 5.70. The van der Waals surface area contributed by atoms with Gasteiger partial charge in [-0.2, -0.15) is 0 Å². The largest absolute Gasteiger partial charge is 0.455 e. The number of benzene rings is 2. The third kappa shape index (κ3) is 5.87. The summed E-state index contributed by atoms with van der Waals surface area (Å²) in [7, 11) is 0. The van der Waals surface area contributed by atoms with Gasteiger partial charge in [-0.05, 0) is 49.4 Å². The lowest BCUT2D eigenvalue weighted by atomic mass is 9.96. The Morgan fingerprint density at radius 2 is 1.62 bits per heavy atom. The van der Waals surface area contributed by atoms with Crippen LogP contribution in [0.4, 0.5) is 4.79 Å². The first-order chi connectivity index (χ1) is 15.1. The van der Waals surface area contributed by atoms with E-state index in [1.807, 2.05) is 48.5 Å². The zero-order valence-electron chi connectivity index (χ0n) is 18.9. The number of ether oxygens (including phenoxy) is 2. The first kappa shape index (κ1) is 23.8. The Kier molecular flexibility index (Phi) is 7.21. The number of hydrogen-bond acceptors (Lipinski definition) is 6. The maximum absolute atomic E-state index is 12.8. The number of esters is 1. The molecule has 0 aromatic heterocycles. The topological polar surface area (TPSA) is 96.3 Å². The molecule has 172 valence electrons. The Morgan fingerprint density at radius 3 is 2.12 bits per heavy atom. The van der Waals surface area contributed by atoms with E-state index in [-0.39, 0.29) is 19.6 Å². The Hall–Kier alpha value is -2.90. The monoisotopic (exact) mass is 441 g/mol. The average Bonchev–Trinajstić information content (AvgIpc) is 3.12. The zero-order valence-corrected chi connectivity index (χ0v) is 18.9. The van der Waals surface area contributed by atoms with Gasteiger partial charge in [-0.1, -0.05) is 48.5 Å². The van der Waals surface area contributed by atoms with Crippen molar-refractivity contribution in [3.05, 3.63) is 59.7 Å². The molecule has 2 N–H and O–H groups in total. The van der Waals surface area contributed by atoms with E-state index in [9.17, 15) is 19.8 Å². The van der Waals surface area contributed by atoms with Gasteiger partial charge >= 0.3 is 12.1 Å². The first-order valence-corrected chi connectivity index (χ1v) is 10.7. The minimum Gasteiger partial charge on any atom is -0.455 e. The van der Waals surface area contributed by atoms with E-state index in [0.29, 0.717) is 0 Å². The van der Waals surface area contributed by atoms with Crippen LogP contribution in [0.15, 0.2) is 48.5 Å². The van der Waals surface area contributed by atoms with E-state index in [2.05, 4.69) is 0 Å². The van der Waals surface area contributed by atoms with Gasteiger partial charge in [0.25, 0.3) is 0 Å². The fourth-order valence-corrected chi connectivity index (χ4v) is 3.88. The van der Waals surface area contributed by atoms with Gasteiger partial charge in [0.15, 0.2) is 0 Å². The molecule has 0 aliphatic carbocycles. The van der Waals surface area contributed by atoms with Crippen molar-refractivity contribution in [2.45, 2.75) is 64.6 Å². The van der Waals surface area contributed by atoms with Crippen molar-refractivity contribution in [3.63, 3.8) is 0 Å². The third-order valence-electron chi connectivity index (χ3n) is 5.30. The minimum atomic E-state index is -0.733. The van der Waals surface area contributed by atoms with Crippen LogP contribution in [-0.4, -0.2) is 51.5 Å². The van der Waals surface area contributed by atoms with Crippen LogP contribution in [0.25, 0.3) is 11.1 Å².